The molecule has 98 valence electrons. The van der Waals surface area contributed by atoms with E-state index in [0.717, 1.165) is 4.90 Å². The average Bonchev–Trinajstić information content (AvgIpc) is 2.58. The molecule has 1 saturated heterocycles. The largest absolute Gasteiger partial charge is 0.480 e. The fourth-order valence-electron chi connectivity index (χ4n) is 1.70. The van der Waals surface area contributed by atoms with Crippen molar-refractivity contribution < 1.29 is 23.5 Å². The number of rotatable bonds is 5. The lowest BCUT2D eigenvalue weighted by Gasteiger charge is -2.16. The number of likely N-dealkylation sites (tertiary alicyclic amines) is 1. The zero-order valence-electron chi connectivity index (χ0n) is 9.36. The highest BCUT2D eigenvalue weighted by Gasteiger charge is 2.39. The molecule has 0 bridgehead atoms. The van der Waals surface area contributed by atoms with Crippen molar-refractivity contribution in [2.24, 2.45) is 5.73 Å². The summed E-state index contributed by atoms with van der Waals surface area (Å²) in [5, 5.41) is 8.51. The maximum atomic E-state index is 12.8. The Morgan fingerprint density at radius 1 is 1.47 bits per heavy atom. The Kier molecular flexibility index (Phi) is 4.39. The Morgan fingerprint density at radius 2 is 2.12 bits per heavy atom. The Balaban J connectivity index is 2.25. The van der Waals surface area contributed by atoms with Gasteiger partial charge in [0.15, 0.2) is 0 Å². The second-order valence-corrected chi connectivity index (χ2v) is 4.26. The fourth-order valence-corrected chi connectivity index (χ4v) is 1.70. The predicted octanol–water partition coefficient (Wildman–Crippen LogP) is 0.436. The molecule has 0 aliphatic carbocycles. The van der Waals surface area contributed by atoms with Crippen molar-refractivity contribution in [1.82, 2.24) is 4.90 Å². The van der Waals surface area contributed by atoms with Crippen LogP contribution in [0.25, 0.3) is 0 Å². The van der Waals surface area contributed by atoms with Gasteiger partial charge in [0, 0.05) is 19.4 Å². The first-order valence-electron chi connectivity index (χ1n) is 5.46. The molecule has 0 radical (unpaired) electrons. The molecule has 3 N–H and O–H groups in total. The summed E-state index contributed by atoms with van der Waals surface area (Å²) in [4.78, 5) is 23.0. The Bertz CT molecular complexity index is 310. The van der Waals surface area contributed by atoms with Gasteiger partial charge in [-0.25, -0.2) is 8.78 Å². The minimum absolute atomic E-state index is 0.0663. The Labute approximate surface area is 97.6 Å². The molecule has 17 heavy (non-hydrogen) atoms. The summed E-state index contributed by atoms with van der Waals surface area (Å²) in [5.74, 6) is -4.27. The molecule has 0 spiro atoms. The van der Waals surface area contributed by atoms with Crippen LogP contribution in [0.4, 0.5) is 8.78 Å². The number of hydrogen-bond acceptors (Lipinski definition) is 3. The molecule has 1 fully saturated rings. The number of carbonyl (C=O) groups is 2. The third-order valence-electron chi connectivity index (χ3n) is 2.75. The van der Waals surface area contributed by atoms with Gasteiger partial charge in [-0.05, 0) is 12.8 Å². The number of aliphatic carboxylic acids is 1. The van der Waals surface area contributed by atoms with Gasteiger partial charge in [0.1, 0.15) is 6.04 Å². The van der Waals surface area contributed by atoms with E-state index in [4.69, 9.17) is 10.8 Å². The van der Waals surface area contributed by atoms with Crippen molar-refractivity contribution in [3.63, 3.8) is 0 Å². The molecule has 1 atom stereocenters. The number of amides is 1. The number of halogens is 2. The molecule has 1 amide bonds. The van der Waals surface area contributed by atoms with Crippen molar-refractivity contribution in [1.29, 1.82) is 0 Å². The van der Waals surface area contributed by atoms with E-state index in [9.17, 15) is 18.4 Å². The second-order valence-electron chi connectivity index (χ2n) is 4.26. The van der Waals surface area contributed by atoms with E-state index in [1.54, 1.807) is 0 Å². The van der Waals surface area contributed by atoms with Gasteiger partial charge < -0.3 is 15.7 Å². The van der Waals surface area contributed by atoms with E-state index in [2.05, 4.69) is 0 Å². The van der Waals surface area contributed by atoms with E-state index >= 15 is 0 Å². The molecule has 7 heteroatoms. The molecular weight excluding hydrogens is 234 g/mol. The minimum atomic E-state index is -2.78. The van der Waals surface area contributed by atoms with Crippen molar-refractivity contribution in [3.8, 4) is 0 Å². The highest BCUT2D eigenvalue weighted by atomic mass is 19.3. The molecule has 1 rings (SSSR count). The maximum absolute atomic E-state index is 12.8. The standard InChI is InChI=1S/C10H16F2N2O3/c11-10(12)4-5-14(6-10)8(15)3-1-2-7(13)9(16)17/h7H,1-6,13H2,(H,16,17)/t7-/m0/s1. The lowest BCUT2D eigenvalue weighted by Crippen LogP contribution is -2.32. The van der Waals surface area contributed by atoms with Crippen LogP contribution in [0, 0.1) is 0 Å². The summed E-state index contributed by atoms with van der Waals surface area (Å²) in [6, 6.07) is -0.997. The topological polar surface area (TPSA) is 83.6 Å². The first-order chi connectivity index (χ1) is 7.82. The molecular formula is C10H16F2N2O3. The SMILES string of the molecule is N[C@@H](CCCC(=O)N1CCC(F)(F)C1)C(=O)O. The smallest absolute Gasteiger partial charge is 0.320 e. The zero-order chi connectivity index (χ0) is 13.1. The van der Waals surface area contributed by atoms with Gasteiger partial charge in [0.25, 0.3) is 5.92 Å². The molecule has 0 aromatic heterocycles. The van der Waals surface area contributed by atoms with Crippen LogP contribution in [0.15, 0.2) is 0 Å². The van der Waals surface area contributed by atoms with Gasteiger partial charge in [0.05, 0.1) is 6.54 Å². The number of hydrogen-bond donors (Lipinski definition) is 2. The third-order valence-corrected chi connectivity index (χ3v) is 2.75. The lowest BCUT2D eigenvalue weighted by molar-refractivity contribution is -0.139. The van der Waals surface area contributed by atoms with Gasteiger partial charge in [0.2, 0.25) is 5.91 Å². The van der Waals surface area contributed by atoms with Crippen LogP contribution in [-0.4, -0.2) is 46.9 Å². The van der Waals surface area contributed by atoms with Gasteiger partial charge in [-0.3, -0.25) is 9.59 Å². The van der Waals surface area contributed by atoms with E-state index in [-0.39, 0.29) is 31.7 Å². The monoisotopic (exact) mass is 250 g/mol. The van der Waals surface area contributed by atoms with Crippen LogP contribution >= 0.6 is 0 Å². The summed E-state index contributed by atoms with van der Waals surface area (Å²) >= 11 is 0. The molecule has 1 heterocycles. The van der Waals surface area contributed by atoms with Crippen LogP contribution in [0.3, 0.4) is 0 Å². The molecule has 0 unspecified atom stereocenters. The lowest BCUT2D eigenvalue weighted by atomic mass is 10.1. The average molecular weight is 250 g/mol. The minimum Gasteiger partial charge on any atom is -0.480 e. The molecule has 0 aromatic carbocycles. The van der Waals surface area contributed by atoms with Gasteiger partial charge >= 0.3 is 5.97 Å². The summed E-state index contributed by atoms with van der Waals surface area (Å²) < 4.78 is 25.6. The molecule has 0 saturated carbocycles. The quantitative estimate of drug-likeness (QED) is 0.741. The summed E-state index contributed by atoms with van der Waals surface area (Å²) in [5.41, 5.74) is 5.25. The van der Waals surface area contributed by atoms with Crippen molar-refractivity contribution in [2.45, 2.75) is 37.6 Å². The van der Waals surface area contributed by atoms with Crippen molar-refractivity contribution in [3.05, 3.63) is 0 Å². The Morgan fingerprint density at radius 3 is 2.59 bits per heavy atom. The second kappa shape index (κ2) is 5.39. The van der Waals surface area contributed by atoms with E-state index in [0.29, 0.717) is 6.42 Å². The number of carboxylic acid groups (broad SMARTS) is 1. The number of nitrogens with two attached hydrogens (primary N) is 1. The summed E-state index contributed by atoms with van der Waals surface area (Å²) in [7, 11) is 0. The maximum Gasteiger partial charge on any atom is 0.320 e. The number of alkyl halides is 2. The van der Waals surface area contributed by atoms with Crippen LogP contribution in [0.1, 0.15) is 25.7 Å². The number of carbonyl (C=O) groups excluding carboxylic acids is 1. The molecule has 5 nitrogen and oxygen atoms in total. The van der Waals surface area contributed by atoms with Crippen molar-refractivity contribution >= 4 is 11.9 Å². The molecule has 1 aliphatic rings. The molecule has 0 aromatic rings. The highest BCUT2D eigenvalue weighted by molar-refractivity contribution is 5.77. The Hall–Kier alpha value is -1.24. The van der Waals surface area contributed by atoms with Crippen LogP contribution in [0.2, 0.25) is 0 Å². The zero-order valence-corrected chi connectivity index (χ0v) is 9.36. The highest BCUT2D eigenvalue weighted by Crippen LogP contribution is 2.27. The van der Waals surface area contributed by atoms with Gasteiger partial charge in [-0.15, -0.1) is 0 Å². The first kappa shape index (κ1) is 13.8. The fraction of sp³-hybridized carbons (Fsp3) is 0.800. The third kappa shape index (κ3) is 4.26. The van der Waals surface area contributed by atoms with Crippen LogP contribution in [-0.2, 0) is 9.59 Å². The normalized spacial score (nSPS) is 20.3. The van der Waals surface area contributed by atoms with E-state index in [1.165, 1.54) is 0 Å². The number of nitrogens with zero attached hydrogens (tertiary/aromatic N) is 1. The number of carboxylic acids is 1. The predicted molar refractivity (Wildman–Crippen MR) is 55.6 cm³/mol. The van der Waals surface area contributed by atoms with Crippen LogP contribution in [0.5, 0.6) is 0 Å². The van der Waals surface area contributed by atoms with Crippen molar-refractivity contribution in [2.75, 3.05) is 13.1 Å². The van der Waals surface area contributed by atoms with E-state index in [1.807, 2.05) is 0 Å². The molecule has 1 aliphatic heterocycles. The van der Waals surface area contributed by atoms with Crippen LogP contribution < -0.4 is 5.73 Å². The van der Waals surface area contributed by atoms with Gasteiger partial charge in [-0.2, -0.15) is 0 Å². The summed E-state index contributed by atoms with van der Waals surface area (Å²) in [6.07, 6.45) is 0.240. The first-order valence-corrected chi connectivity index (χ1v) is 5.46. The summed E-state index contributed by atoms with van der Waals surface area (Å²) in [6.45, 7) is -0.465. The van der Waals surface area contributed by atoms with Gasteiger partial charge in [-0.1, -0.05) is 0 Å². The van der Waals surface area contributed by atoms with E-state index < -0.39 is 24.5 Å².